The van der Waals surface area contributed by atoms with Crippen LogP contribution in [0.3, 0.4) is 0 Å². The van der Waals surface area contributed by atoms with Crippen LogP contribution < -0.4 is 5.32 Å². The van der Waals surface area contributed by atoms with Crippen LogP contribution in [-0.4, -0.2) is 45.2 Å². The van der Waals surface area contributed by atoms with E-state index in [0.717, 1.165) is 18.4 Å². The van der Waals surface area contributed by atoms with Crippen molar-refractivity contribution in [1.29, 1.82) is 0 Å². The molecule has 136 valence electrons. The number of carboxylic acid groups (broad SMARTS) is 1. The number of aromatic nitrogens is 2. The standard InChI is InChI=1S/C18H20N4O4/c1-11-19-15(21-26-11)12-4-2-6-14(8-12)20-17(25)22-9-13-5-3-7-18(13,10-22)16(23)24/h2,4,6,8,13H,3,5,7,9-10H2,1H3,(H,20,25)(H,23,24)/t13-,18+/m0/s1. The molecule has 0 radical (unpaired) electrons. The van der Waals surface area contributed by atoms with Crippen molar-refractivity contribution in [2.24, 2.45) is 11.3 Å². The molecular weight excluding hydrogens is 336 g/mol. The first-order valence-corrected chi connectivity index (χ1v) is 8.68. The minimum absolute atomic E-state index is 0.0411. The number of carbonyl (C=O) groups excluding carboxylic acids is 1. The Morgan fingerprint density at radius 2 is 2.27 bits per heavy atom. The fraction of sp³-hybridized carbons (Fsp3) is 0.444. The average Bonchev–Trinajstić information content (AvgIpc) is 3.28. The van der Waals surface area contributed by atoms with Crippen LogP contribution in [-0.2, 0) is 4.79 Å². The van der Waals surface area contributed by atoms with Crippen molar-refractivity contribution in [3.8, 4) is 11.4 Å². The molecule has 4 rings (SSSR count). The highest BCUT2D eigenvalue weighted by molar-refractivity contribution is 5.91. The molecule has 1 saturated heterocycles. The highest BCUT2D eigenvalue weighted by Gasteiger charge is 2.55. The molecule has 26 heavy (non-hydrogen) atoms. The molecule has 8 heteroatoms. The Kier molecular flexibility index (Phi) is 3.90. The van der Waals surface area contributed by atoms with Gasteiger partial charge in [-0.15, -0.1) is 0 Å². The summed E-state index contributed by atoms with van der Waals surface area (Å²) in [7, 11) is 0. The van der Waals surface area contributed by atoms with Gasteiger partial charge in [0.25, 0.3) is 0 Å². The van der Waals surface area contributed by atoms with E-state index in [1.165, 1.54) is 0 Å². The molecule has 2 heterocycles. The van der Waals surface area contributed by atoms with Crippen LogP contribution in [0, 0.1) is 18.3 Å². The van der Waals surface area contributed by atoms with Gasteiger partial charge < -0.3 is 19.8 Å². The largest absolute Gasteiger partial charge is 0.481 e. The average molecular weight is 356 g/mol. The van der Waals surface area contributed by atoms with Crippen molar-refractivity contribution in [3.05, 3.63) is 30.2 Å². The minimum atomic E-state index is -0.787. The molecule has 0 unspecified atom stereocenters. The number of nitrogens with one attached hydrogen (secondary N) is 1. The number of hydrogen-bond donors (Lipinski definition) is 2. The smallest absolute Gasteiger partial charge is 0.321 e. The van der Waals surface area contributed by atoms with Gasteiger partial charge >= 0.3 is 12.0 Å². The number of likely N-dealkylation sites (tertiary alicyclic amines) is 1. The molecule has 1 aliphatic heterocycles. The molecule has 1 aliphatic carbocycles. The van der Waals surface area contributed by atoms with E-state index >= 15 is 0 Å². The molecule has 2 amide bonds. The SMILES string of the molecule is Cc1nc(-c2cccc(NC(=O)N3C[C@@H]4CCC[C@@]4(C(=O)O)C3)c2)no1. The van der Waals surface area contributed by atoms with Crippen molar-refractivity contribution in [1.82, 2.24) is 15.0 Å². The van der Waals surface area contributed by atoms with Gasteiger partial charge in [0.1, 0.15) is 0 Å². The van der Waals surface area contributed by atoms with Gasteiger partial charge in [0.2, 0.25) is 11.7 Å². The third kappa shape index (κ3) is 2.71. The van der Waals surface area contributed by atoms with Crippen LogP contribution in [0.4, 0.5) is 10.5 Å². The van der Waals surface area contributed by atoms with Gasteiger partial charge in [0, 0.05) is 31.3 Å². The normalized spacial score (nSPS) is 24.5. The van der Waals surface area contributed by atoms with Crippen LogP contribution in [0.1, 0.15) is 25.2 Å². The van der Waals surface area contributed by atoms with E-state index in [1.807, 2.05) is 6.07 Å². The van der Waals surface area contributed by atoms with Gasteiger partial charge in [-0.3, -0.25) is 4.79 Å². The first-order chi connectivity index (χ1) is 12.5. The fourth-order valence-electron chi connectivity index (χ4n) is 4.15. The Bertz CT molecular complexity index is 864. The summed E-state index contributed by atoms with van der Waals surface area (Å²) in [6, 6.07) is 6.90. The summed E-state index contributed by atoms with van der Waals surface area (Å²) in [6.07, 6.45) is 2.42. The second kappa shape index (κ2) is 6.12. The quantitative estimate of drug-likeness (QED) is 0.875. The van der Waals surface area contributed by atoms with E-state index < -0.39 is 11.4 Å². The number of nitrogens with zero attached hydrogens (tertiary/aromatic N) is 3. The number of benzene rings is 1. The highest BCUT2D eigenvalue weighted by atomic mass is 16.5. The molecule has 0 bridgehead atoms. The van der Waals surface area contributed by atoms with Crippen LogP contribution in [0.25, 0.3) is 11.4 Å². The van der Waals surface area contributed by atoms with Crippen molar-refractivity contribution in [2.45, 2.75) is 26.2 Å². The molecule has 0 spiro atoms. The third-order valence-corrected chi connectivity index (χ3v) is 5.48. The number of carbonyl (C=O) groups is 2. The second-order valence-electron chi connectivity index (χ2n) is 7.08. The van der Waals surface area contributed by atoms with Gasteiger partial charge in [-0.1, -0.05) is 23.7 Å². The summed E-state index contributed by atoms with van der Waals surface area (Å²) in [5.74, 6) is 0.181. The molecule has 1 saturated carbocycles. The van der Waals surface area contributed by atoms with Crippen LogP contribution in [0.2, 0.25) is 0 Å². The number of rotatable bonds is 3. The van der Waals surface area contributed by atoms with E-state index in [1.54, 1.807) is 30.0 Å². The summed E-state index contributed by atoms with van der Waals surface area (Å²) in [4.78, 5) is 30.2. The maximum Gasteiger partial charge on any atom is 0.321 e. The number of hydrogen-bond acceptors (Lipinski definition) is 5. The fourth-order valence-corrected chi connectivity index (χ4v) is 4.15. The predicted molar refractivity (Wildman–Crippen MR) is 92.5 cm³/mol. The van der Waals surface area contributed by atoms with Gasteiger partial charge in [0.15, 0.2) is 0 Å². The number of amides is 2. The Morgan fingerprint density at radius 1 is 1.42 bits per heavy atom. The Labute approximate surface area is 150 Å². The molecule has 2 aliphatic rings. The van der Waals surface area contributed by atoms with Gasteiger partial charge in [-0.2, -0.15) is 4.98 Å². The zero-order valence-corrected chi connectivity index (χ0v) is 14.4. The predicted octanol–water partition coefficient (Wildman–Crippen LogP) is 2.76. The Morgan fingerprint density at radius 3 is 2.96 bits per heavy atom. The summed E-state index contributed by atoms with van der Waals surface area (Å²) in [5.41, 5.74) is 0.567. The molecule has 2 N–H and O–H groups in total. The topological polar surface area (TPSA) is 109 Å². The van der Waals surface area contributed by atoms with Gasteiger partial charge in [-0.05, 0) is 30.9 Å². The lowest BCUT2D eigenvalue weighted by atomic mass is 9.81. The van der Waals surface area contributed by atoms with Crippen LogP contribution in [0.5, 0.6) is 0 Å². The van der Waals surface area contributed by atoms with E-state index in [0.29, 0.717) is 30.4 Å². The lowest BCUT2D eigenvalue weighted by molar-refractivity contribution is -0.149. The number of fused-ring (bicyclic) bond motifs is 1. The van der Waals surface area contributed by atoms with E-state index in [4.69, 9.17) is 4.52 Å². The Balaban J connectivity index is 1.48. The lowest BCUT2D eigenvalue weighted by Crippen LogP contribution is -2.38. The number of anilines is 1. The van der Waals surface area contributed by atoms with Crippen LogP contribution >= 0.6 is 0 Å². The molecule has 2 fully saturated rings. The zero-order chi connectivity index (χ0) is 18.3. The molecule has 2 atom stereocenters. The van der Waals surface area contributed by atoms with E-state index in [2.05, 4.69) is 15.5 Å². The third-order valence-electron chi connectivity index (χ3n) is 5.48. The van der Waals surface area contributed by atoms with E-state index in [9.17, 15) is 14.7 Å². The summed E-state index contributed by atoms with van der Waals surface area (Å²) in [6.45, 7) is 2.47. The molecule has 2 aromatic rings. The lowest BCUT2D eigenvalue weighted by Gasteiger charge is -2.23. The summed E-state index contributed by atoms with van der Waals surface area (Å²) in [5, 5.41) is 16.4. The molecule has 1 aromatic heterocycles. The number of carboxylic acids is 1. The second-order valence-corrected chi connectivity index (χ2v) is 7.08. The number of aryl methyl sites for hydroxylation is 1. The van der Waals surface area contributed by atoms with Crippen molar-refractivity contribution in [3.63, 3.8) is 0 Å². The van der Waals surface area contributed by atoms with Crippen molar-refractivity contribution >= 4 is 17.7 Å². The zero-order valence-electron chi connectivity index (χ0n) is 14.4. The summed E-state index contributed by atoms with van der Waals surface area (Å²) < 4.78 is 4.98. The first-order valence-electron chi connectivity index (χ1n) is 8.68. The number of aliphatic carboxylic acids is 1. The minimum Gasteiger partial charge on any atom is -0.481 e. The van der Waals surface area contributed by atoms with Crippen LogP contribution in [0.15, 0.2) is 28.8 Å². The van der Waals surface area contributed by atoms with E-state index in [-0.39, 0.29) is 18.5 Å². The molecule has 1 aromatic carbocycles. The monoisotopic (exact) mass is 356 g/mol. The maximum atomic E-state index is 12.6. The van der Waals surface area contributed by atoms with Crippen molar-refractivity contribution < 1.29 is 19.2 Å². The van der Waals surface area contributed by atoms with Crippen molar-refractivity contribution in [2.75, 3.05) is 18.4 Å². The van der Waals surface area contributed by atoms with Gasteiger partial charge in [-0.25, -0.2) is 4.79 Å². The van der Waals surface area contributed by atoms with Gasteiger partial charge in [0.05, 0.1) is 5.41 Å². The molecule has 8 nitrogen and oxygen atoms in total. The Hall–Kier alpha value is -2.90. The summed E-state index contributed by atoms with van der Waals surface area (Å²) >= 11 is 0. The molecular formula is C18H20N4O4. The maximum absolute atomic E-state index is 12.6. The number of urea groups is 1. The highest BCUT2D eigenvalue weighted by Crippen LogP contribution is 2.48. The first kappa shape index (κ1) is 16.6.